The molecule has 0 bridgehead atoms. The van der Waals surface area contributed by atoms with Gasteiger partial charge in [0.15, 0.2) is 17.3 Å². The van der Waals surface area contributed by atoms with Gasteiger partial charge in [0.1, 0.15) is 4.34 Å². The number of ether oxygens (including phenoxy) is 3. The summed E-state index contributed by atoms with van der Waals surface area (Å²) in [5.74, 6) is 1.24. The molecule has 0 spiro atoms. The van der Waals surface area contributed by atoms with Gasteiger partial charge >= 0.3 is 0 Å². The number of allylic oxidation sites excluding steroid dienone is 1. The number of benzene rings is 1. The van der Waals surface area contributed by atoms with Crippen LogP contribution in [0.5, 0.6) is 17.2 Å². The minimum Gasteiger partial charge on any atom is -0.493 e. The molecule has 2 aromatic rings. The lowest BCUT2D eigenvalue weighted by molar-refractivity contribution is 0.104. The van der Waals surface area contributed by atoms with Crippen LogP contribution in [0.1, 0.15) is 15.9 Å². The van der Waals surface area contributed by atoms with Gasteiger partial charge in [-0.25, -0.2) is 0 Å². The van der Waals surface area contributed by atoms with Gasteiger partial charge in [0.05, 0.1) is 31.2 Å². The Bertz CT molecular complexity index is 753. The summed E-state index contributed by atoms with van der Waals surface area (Å²) in [7, 11) is 4.58. The lowest BCUT2D eigenvalue weighted by Gasteiger charge is -2.13. The van der Waals surface area contributed by atoms with Crippen molar-refractivity contribution in [3.8, 4) is 17.2 Å². The number of rotatable bonds is 6. The van der Waals surface area contributed by atoms with E-state index in [0.29, 0.717) is 37.0 Å². The fourth-order valence-electron chi connectivity index (χ4n) is 2.02. The van der Waals surface area contributed by atoms with Crippen LogP contribution in [0, 0.1) is 0 Å². The van der Waals surface area contributed by atoms with Crippen molar-refractivity contribution >= 4 is 46.4 Å². The lowest BCUT2D eigenvalue weighted by Crippen LogP contribution is -1.97. The molecule has 0 aliphatic heterocycles. The highest BCUT2D eigenvalue weighted by Crippen LogP contribution is 2.40. The van der Waals surface area contributed by atoms with Crippen molar-refractivity contribution in [2.75, 3.05) is 21.3 Å². The molecule has 0 amide bonds. The van der Waals surface area contributed by atoms with Gasteiger partial charge in [-0.15, -0.1) is 11.3 Å². The second-order valence-electron chi connectivity index (χ2n) is 4.36. The number of carbonyl (C=O) groups excluding carboxylic acids is 1. The fraction of sp³-hybridized carbons (Fsp3) is 0.188. The highest BCUT2D eigenvalue weighted by Gasteiger charge is 2.15. The van der Waals surface area contributed by atoms with Crippen molar-refractivity contribution in [3.63, 3.8) is 0 Å². The molecule has 7 heteroatoms. The van der Waals surface area contributed by atoms with E-state index in [1.165, 1.54) is 20.3 Å². The molecule has 0 unspecified atom stereocenters. The van der Waals surface area contributed by atoms with Crippen molar-refractivity contribution in [2.24, 2.45) is 0 Å². The molecule has 0 saturated heterocycles. The van der Waals surface area contributed by atoms with Crippen LogP contribution in [0.4, 0.5) is 0 Å². The maximum Gasteiger partial charge on any atom is 0.203 e. The summed E-state index contributed by atoms with van der Waals surface area (Å²) in [5.41, 5.74) is 1.05. The smallest absolute Gasteiger partial charge is 0.203 e. The monoisotopic (exact) mass is 372 g/mol. The van der Waals surface area contributed by atoms with Crippen LogP contribution in [0.2, 0.25) is 8.67 Å². The Kier molecular flexibility index (Phi) is 5.93. The van der Waals surface area contributed by atoms with E-state index in [1.807, 2.05) is 0 Å². The van der Waals surface area contributed by atoms with Crippen LogP contribution in [-0.4, -0.2) is 27.1 Å². The number of hydrogen-bond donors (Lipinski definition) is 0. The lowest BCUT2D eigenvalue weighted by atomic mass is 10.1. The van der Waals surface area contributed by atoms with E-state index >= 15 is 0 Å². The molecule has 0 N–H and O–H groups in total. The van der Waals surface area contributed by atoms with Crippen molar-refractivity contribution in [1.82, 2.24) is 0 Å². The average Bonchev–Trinajstić information content (AvgIpc) is 2.89. The van der Waals surface area contributed by atoms with E-state index < -0.39 is 0 Å². The first-order valence-corrected chi connectivity index (χ1v) is 8.05. The maximum absolute atomic E-state index is 12.2. The molecule has 0 atom stereocenters. The van der Waals surface area contributed by atoms with E-state index in [9.17, 15) is 4.79 Å². The van der Waals surface area contributed by atoms with Crippen molar-refractivity contribution in [3.05, 3.63) is 44.1 Å². The van der Waals surface area contributed by atoms with Gasteiger partial charge < -0.3 is 14.2 Å². The van der Waals surface area contributed by atoms with Crippen LogP contribution in [-0.2, 0) is 0 Å². The van der Waals surface area contributed by atoms with Gasteiger partial charge in [-0.1, -0.05) is 23.2 Å². The Balaban J connectivity index is 2.36. The normalized spacial score (nSPS) is 10.8. The number of halogens is 2. The molecule has 0 aliphatic carbocycles. The number of methoxy groups -OCH3 is 3. The molecular weight excluding hydrogens is 359 g/mol. The first-order chi connectivity index (χ1) is 11.0. The van der Waals surface area contributed by atoms with Gasteiger partial charge in [0.25, 0.3) is 0 Å². The standard InChI is InChI=1S/C16H14Cl2O4S/c1-20-12-7-5-9(14(21-2)15(12)22-3)4-6-11(19)10-8-13(17)23-16(10)18/h4-8H,1-3H3. The number of hydrogen-bond acceptors (Lipinski definition) is 5. The molecule has 2 rings (SSSR count). The summed E-state index contributed by atoms with van der Waals surface area (Å²) in [6.07, 6.45) is 3.04. The third kappa shape index (κ3) is 3.80. The quantitative estimate of drug-likeness (QED) is 0.529. The summed E-state index contributed by atoms with van der Waals surface area (Å²) in [6.45, 7) is 0. The summed E-state index contributed by atoms with van der Waals surface area (Å²) in [4.78, 5) is 12.2. The Morgan fingerprint density at radius 3 is 2.30 bits per heavy atom. The van der Waals surface area contributed by atoms with Crippen LogP contribution in [0.15, 0.2) is 24.3 Å². The van der Waals surface area contributed by atoms with E-state index in [0.717, 1.165) is 11.3 Å². The third-order valence-corrected chi connectivity index (χ3v) is 4.56. The van der Waals surface area contributed by atoms with Crippen LogP contribution in [0.25, 0.3) is 6.08 Å². The predicted octanol–water partition coefficient (Wildman–Crippen LogP) is 4.98. The summed E-state index contributed by atoms with van der Waals surface area (Å²) >= 11 is 13.0. The largest absolute Gasteiger partial charge is 0.493 e. The molecule has 122 valence electrons. The predicted molar refractivity (Wildman–Crippen MR) is 93.8 cm³/mol. The first-order valence-electron chi connectivity index (χ1n) is 6.48. The molecule has 1 aromatic heterocycles. The molecule has 0 saturated carbocycles. The molecule has 0 aliphatic rings. The molecule has 1 aromatic carbocycles. The Morgan fingerprint density at radius 2 is 1.78 bits per heavy atom. The summed E-state index contributed by atoms with van der Waals surface area (Å²) in [5, 5.41) is 0. The molecular formula is C16H14Cl2O4S. The van der Waals surface area contributed by atoms with Crippen LogP contribution >= 0.6 is 34.5 Å². The minimum atomic E-state index is -0.241. The van der Waals surface area contributed by atoms with E-state index in [2.05, 4.69) is 0 Å². The zero-order chi connectivity index (χ0) is 17.0. The zero-order valence-corrected chi connectivity index (χ0v) is 15.0. The van der Waals surface area contributed by atoms with E-state index in [-0.39, 0.29) is 5.78 Å². The van der Waals surface area contributed by atoms with Gasteiger partial charge in [0, 0.05) is 5.56 Å². The van der Waals surface area contributed by atoms with Gasteiger partial charge in [-0.05, 0) is 30.4 Å². The minimum absolute atomic E-state index is 0.241. The highest BCUT2D eigenvalue weighted by atomic mass is 35.5. The molecule has 23 heavy (non-hydrogen) atoms. The molecule has 4 nitrogen and oxygen atoms in total. The Labute approximate surface area is 148 Å². The van der Waals surface area contributed by atoms with Gasteiger partial charge in [0.2, 0.25) is 5.75 Å². The zero-order valence-electron chi connectivity index (χ0n) is 12.7. The SMILES string of the molecule is COc1ccc(C=CC(=O)c2cc(Cl)sc2Cl)c(OC)c1OC. The van der Waals surface area contributed by atoms with Crippen LogP contribution < -0.4 is 14.2 Å². The molecule has 0 fully saturated rings. The third-order valence-electron chi connectivity index (χ3n) is 3.07. The number of carbonyl (C=O) groups is 1. The molecule has 0 radical (unpaired) electrons. The van der Waals surface area contributed by atoms with Crippen molar-refractivity contribution in [1.29, 1.82) is 0 Å². The van der Waals surface area contributed by atoms with Gasteiger partial charge in [-0.2, -0.15) is 0 Å². The summed E-state index contributed by atoms with van der Waals surface area (Å²) < 4.78 is 16.7. The van der Waals surface area contributed by atoms with Gasteiger partial charge in [-0.3, -0.25) is 4.79 Å². The maximum atomic E-state index is 12.2. The highest BCUT2D eigenvalue weighted by molar-refractivity contribution is 7.20. The van der Waals surface area contributed by atoms with Crippen molar-refractivity contribution in [2.45, 2.75) is 0 Å². The van der Waals surface area contributed by atoms with E-state index in [1.54, 1.807) is 31.4 Å². The molecule has 1 heterocycles. The van der Waals surface area contributed by atoms with E-state index in [4.69, 9.17) is 37.4 Å². The average molecular weight is 373 g/mol. The Hall–Kier alpha value is -1.69. The number of thiophene rings is 1. The topological polar surface area (TPSA) is 44.8 Å². The van der Waals surface area contributed by atoms with Crippen molar-refractivity contribution < 1.29 is 19.0 Å². The Morgan fingerprint density at radius 1 is 1.09 bits per heavy atom. The summed E-state index contributed by atoms with van der Waals surface area (Å²) in [6, 6.07) is 5.05. The second kappa shape index (κ2) is 7.73. The second-order valence-corrected chi connectivity index (χ2v) is 6.64. The van der Waals surface area contributed by atoms with Crippen LogP contribution in [0.3, 0.4) is 0 Å². The number of ketones is 1. The fourth-order valence-corrected chi connectivity index (χ4v) is 3.49. The first kappa shape index (κ1) is 17.7.